The molecule has 0 saturated carbocycles. The number of aliphatic hydroxyl groups is 1. The van der Waals surface area contributed by atoms with Gasteiger partial charge in [-0.2, -0.15) is 0 Å². The molecule has 0 fully saturated rings. The van der Waals surface area contributed by atoms with E-state index in [0.29, 0.717) is 10.0 Å². The number of nitrogens with one attached hydrogen (secondary N) is 2. The van der Waals surface area contributed by atoms with Gasteiger partial charge in [0.2, 0.25) is 0 Å². The lowest BCUT2D eigenvalue weighted by Crippen LogP contribution is -2.26. The van der Waals surface area contributed by atoms with E-state index in [1.807, 2.05) is 5.48 Å². The summed E-state index contributed by atoms with van der Waals surface area (Å²) in [6.07, 6.45) is 1.46. The molecule has 2 rings (SSSR count). The van der Waals surface area contributed by atoms with Crippen LogP contribution in [0.2, 0.25) is 5.02 Å². The van der Waals surface area contributed by atoms with Crippen molar-refractivity contribution in [1.82, 2.24) is 10.5 Å². The van der Waals surface area contributed by atoms with Gasteiger partial charge in [-0.15, -0.1) is 0 Å². The molecule has 134 valence electrons. The standard InChI is InChI=1S/C15H13BrClF2N3O3/c1-7-4-8(16)6-20-14(7)21-13-9(15(24)22-25-3-2-23)5-10(17)11(18)12(13)19/h4-6,23H,2-3H2,1H3,(H,20,21)(H,22,24). The van der Waals surface area contributed by atoms with E-state index in [-0.39, 0.29) is 24.6 Å². The first kappa shape index (κ1) is 19.5. The van der Waals surface area contributed by atoms with E-state index in [1.54, 1.807) is 13.0 Å². The zero-order valence-electron chi connectivity index (χ0n) is 12.9. The minimum Gasteiger partial charge on any atom is -0.394 e. The van der Waals surface area contributed by atoms with Gasteiger partial charge in [0, 0.05) is 10.7 Å². The molecule has 0 spiro atoms. The number of hydroxylamine groups is 1. The van der Waals surface area contributed by atoms with Crippen LogP contribution in [0.25, 0.3) is 0 Å². The number of aliphatic hydroxyl groups excluding tert-OH is 1. The number of amides is 1. The van der Waals surface area contributed by atoms with Gasteiger partial charge in [-0.25, -0.2) is 19.2 Å². The summed E-state index contributed by atoms with van der Waals surface area (Å²) >= 11 is 8.87. The fraction of sp³-hybridized carbons (Fsp3) is 0.200. The van der Waals surface area contributed by atoms with Crippen LogP contribution >= 0.6 is 27.5 Å². The zero-order chi connectivity index (χ0) is 18.6. The van der Waals surface area contributed by atoms with Crippen LogP contribution in [-0.2, 0) is 4.84 Å². The molecule has 0 atom stereocenters. The number of halogens is 4. The highest BCUT2D eigenvalue weighted by atomic mass is 79.9. The maximum Gasteiger partial charge on any atom is 0.277 e. The molecular formula is C15H13BrClF2N3O3. The van der Waals surface area contributed by atoms with Crippen molar-refractivity contribution in [2.24, 2.45) is 0 Å². The monoisotopic (exact) mass is 435 g/mol. The van der Waals surface area contributed by atoms with E-state index in [0.717, 1.165) is 6.07 Å². The van der Waals surface area contributed by atoms with E-state index in [4.69, 9.17) is 21.5 Å². The quantitative estimate of drug-likeness (QED) is 0.367. The minimum absolute atomic E-state index is 0.167. The molecule has 0 radical (unpaired) electrons. The molecule has 0 unspecified atom stereocenters. The van der Waals surface area contributed by atoms with Gasteiger partial charge in [0.25, 0.3) is 5.91 Å². The molecule has 3 N–H and O–H groups in total. The number of aromatic nitrogens is 1. The molecule has 1 aromatic carbocycles. The van der Waals surface area contributed by atoms with Gasteiger partial charge in [0.05, 0.1) is 29.5 Å². The van der Waals surface area contributed by atoms with Crippen molar-refractivity contribution in [3.8, 4) is 0 Å². The van der Waals surface area contributed by atoms with E-state index in [2.05, 4.69) is 26.2 Å². The molecule has 25 heavy (non-hydrogen) atoms. The number of pyridine rings is 1. The Kier molecular flexibility index (Phi) is 6.65. The lowest BCUT2D eigenvalue weighted by atomic mass is 10.1. The Bertz CT molecular complexity index is 808. The second-order valence-corrected chi connectivity index (χ2v) is 6.18. The summed E-state index contributed by atoms with van der Waals surface area (Å²) in [4.78, 5) is 20.9. The maximum atomic E-state index is 14.3. The number of nitrogens with zero attached hydrogens (tertiary/aromatic N) is 1. The number of anilines is 2. The van der Waals surface area contributed by atoms with Crippen molar-refractivity contribution in [3.05, 3.63) is 50.6 Å². The zero-order valence-corrected chi connectivity index (χ0v) is 15.2. The predicted octanol–water partition coefficient (Wildman–Crippen LogP) is 3.48. The Morgan fingerprint density at radius 1 is 1.40 bits per heavy atom. The van der Waals surface area contributed by atoms with Crippen LogP contribution in [0.15, 0.2) is 22.8 Å². The lowest BCUT2D eigenvalue weighted by Gasteiger charge is -2.15. The second kappa shape index (κ2) is 8.52. The maximum absolute atomic E-state index is 14.3. The first-order valence-electron chi connectivity index (χ1n) is 6.94. The second-order valence-electron chi connectivity index (χ2n) is 4.86. The molecule has 2 aromatic rings. The van der Waals surface area contributed by atoms with Crippen molar-refractivity contribution < 1.29 is 23.5 Å². The third kappa shape index (κ3) is 4.63. The molecule has 0 aliphatic heterocycles. The van der Waals surface area contributed by atoms with Crippen molar-refractivity contribution >= 4 is 44.9 Å². The number of hydrogen-bond acceptors (Lipinski definition) is 5. The Morgan fingerprint density at radius 3 is 2.76 bits per heavy atom. The van der Waals surface area contributed by atoms with Crippen molar-refractivity contribution in [1.29, 1.82) is 0 Å². The Hall–Kier alpha value is -1.81. The molecule has 1 aromatic heterocycles. The average Bonchev–Trinajstić information content (AvgIpc) is 2.57. The number of aryl methyl sites for hydroxylation is 1. The van der Waals surface area contributed by atoms with Gasteiger partial charge in [0.1, 0.15) is 5.82 Å². The van der Waals surface area contributed by atoms with Crippen LogP contribution < -0.4 is 10.8 Å². The van der Waals surface area contributed by atoms with Gasteiger partial charge in [-0.1, -0.05) is 11.6 Å². The fourth-order valence-corrected chi connectivity index (χ4v) is 2.54. The van der Waals surface area contributed by atoms with Crippen LogP contribution in [0.5, 0.6) is 0 Å². The van der Waals surface area contributed by atoms with Crippen LogP contribution in [0, 0.1) is 18.6 Å². The van der Waals surface area contributed by atoms with Crippen LogP contribution in [0.4, 0.5) is 20.3 Å². The van der Waals surface area contributed by atoms with Gasteiger partial charge in [-0.05, 0) is 40.5 Å². The fourth-order valence-electron chi connectivity index (χ4n) is 1.90. The molecule has 1 heterocycles. The highest BCUT2D eigenvalue weighted by Gasteiger charge is 2.23. The van der Waals surface area contributed by atoms with Crippen LogP contribution in [0.3, 0.4) is 0 Å². The minimum atomic E-state index is -1.33. The smallest absolute Gasteiger partial charge is 0.277 e. The summed E-state index contributed by atoms with van der Waals surface area (Å²) in [5, 5.41) is 10.7. The molecule has 0 bridgehead atoms. The van der Waals surface area contributed by atoms with Gasteiger partial charge in [-0.3, -0.25) is 9.63 Å². The van der Waals surface area contributed by atoms with E-state index >= 15 is 0 Å². The van der Waals surface area contributed by atoms with E-state index < -0.39 is 28.3 Å². The van der Waals surface area contributed by atoms with Crippen molar-refractivity contribution in [2.75, 3.05) is 18.5 Å². The summed E-state index contributed by atoms with van der Waals surface area (Å²) in [5.41, 5.74) is 1.91. The van der Waals surface area contributed by atoms with Crippen LogP contribution in [0.1, 0.15) is 15.9 Å². The van der Waals surface area contributed by atoms with Crippen LogP contribution in [-0.4, -0.2) is 29.2 Å². The number of hydrogen-bond donors (Lipinski definition) is 3. The number of carbonyl (C=O) groups is 1. The van der Waals surface area contributed by atoms with Gasteiger partial charge < -0.3 is 10.4 Å². The highest BCUT2D eigenvalue weighted by Crippen LogP contribution is 2.31. The van der Waals surface area contributed by atoms with Gasteiger partial charge in [0.15, 0.2) is 11.6 Å². The normalized spacial score (nSPS) is 10.6. The Morgan fingerprint density at radius 2 is 2.12 bits per heavy atom. The lowest BCUT2D eigenvalue weighted by molar-refractivity contribution is 0.0168. The average molecular weight is 437 g/mol. The number of benzene rings is 1. The molecule has 10 heteroatoms. The summed E-state index contributed by atoms with van der Waals surface area (Å²) in [5.74, 6) is -3.27. The van der Waals surface area contributed by atoms with E-state index in [9.17, 15) is 13.6 Å². The van der Waals surface area contributed by atoms with E-state index in [1.165, 1.54) is 6.20 Å². The Balaban J connectivity index is 2.44. The third-order valence-electron chi connectivity index (χ3n) is 3.05. The molecule has 0 saturated heterocycles. The summed E-state index contributed by atoms with van der Waals surface area (Å²) in [7, 11) is 0. The molecular weight excluding hydrogens is 424 g/mol. The highest BCUT2D eigenvalue weighted by molar-refractivity contribution is 9.10. The first-order valence-corrected chi connectivity index (χ1v) is 8.12. The molecule has 0 aliphatic carbocycles. The number of carbonyl (C=O) groups excluding carboxylic acids is 1. The molecule has 1 amide bonds. The van der Waals surface area contributed by atoms with Crippen molar-refractivity contribution in [2.45, 2.75) is 6.92 Å². The van der Waals surface area contributed by atoms with Gasteiger partial charge >= 0.3 is 0 Å². The summed E-state index contributed by atoms with van der Waals surface area (Å²) < 4.78 is 28.9. The van der Waals surface area contributed by atoms with Crippen molar-refractivity contribution in [3.63, 3.8) is 0 Å². The predicted molar refractivity (Wildman–Crippen MR) is 91.8 cm³/mol. The topological polar surface area (TPSA) is 83.5 Å². The third-order valence-corrected chi connectivity index (χ3v) is 3.76. The molecule has 6 nitrogen and oxygen atoms in total. The SMILES string of the molecule is Cc1cc(Br)cnc1Nc1c(C(=O)NOCCO)cc(Cl)c(F)c1F. The largest absolute Gasteiger partial charge is 0.394 e. The first-order chi connectivity index (χ1) is 11.8. The summed E-state index contributed by atoms with van der Waals surface area (Å²) in [6.45, 7) is 1.21. The Labute approximate surface area is 155 Å². The number of rotatable bonds is 6. The summed E-state index contributed by atoms with van der Waals surface area (Å²) in [6, 6.07) is 2.68. The molecule has 0 aliphatic rings.